The molecule has 1 aromatic carbocycles. The van der Waals surface area contributed by atoms with Crippen molar-refractivity contribution in [3.05, 3.63) is 40.7 Å². The van der Waals surface area contributed by atoms with Gasteiger partial charge in [-0.25, -0.2) is 9.97 Å². The number of anilines is 1. The normalized spacial score (nSPS) is 11.6. The molecule has 0 bridgehead atoms. The van der Waals surface area contributed by atoms with Gasteiger partial charge in [0.2, 0.25) is 0 Å². The minimum absolute atomic E-state index is 0.136. The molecule has 0 amide bonds. The maximum atomic E-state index is 6.01. The Bertz CT molecular complexity index is 598. The molecular formula is C15H18ClN3. The molecule has 1 aromatic heterocycles. The number of nitrogens with two attached hydrogens (primary N) is 1. The molecule has 100 valence electrons. The minimum atomic E-state index is -0.136. The minimum Gasteiger partial charge on any atom is -0.383 e. The van der Waals surface area contributed by atoms with Crippen molar-refractivity contribution in [2.24, 2.45) is 0 Å². The molecule has 19 heavy (non-hydrogen) atoms. The summed E-state index contributed by atoms with van der Waals surface area (Å²) in [5, 5.41) is 0.708. The van der Waals surface area contributed by atoms with Crippen LogP contribution in [0.1, 0.15) is 32.2 Å². The number of hydrogen-bond donors (Lipinski definition) is 1. The second-order valence-electron chi connectivity index (χ2n) is 5.66. The second kappa shape index (κ2) is 4.82. The Labute approximate surface area is 118 Å². The van der Waals surface area contributed by atoms with Crippen molar-refractivity contribution in [1.82, 2.24) is 9.97 Å². The van der Waals surface area contributed by atoms with E-state index in [1.54, 1.807) is 0 Å². The summed E-state index contributed by atoms with van der Waals surface area (Å²) in [4.78, 5) is 9.06. The highest BCUT2D eigenvalue weighted by atomic mass is 35.5. The van der Waals surface area contributed by atoms with Crippen LogP contribution in [0, 0.1) is 6.92 Å². The molecule has 3 nitrogen and oxygen atoms in total. The molecule has 2 N–H and O–H groups in total. The van der Waals surface area contributed by atoms with Crippen LogP contribution in [-0.4, -0.2) is 9.97 Å². The fraction of sp³-hybridized carbons (Fsp3) is 0.333. The van der Waals surface area contributed by atoms with Crippen molar-refractivity contribution >= 4 is 17.4 Å². The van der Waals surface area contributed by atoms with E-state index in [-0.39, 0.29) is 5.41 Å². The summed E-state index contributed by atoms with van der Waals surface area (Å²) in [6.07, 6.45) is 0. The van der Waals surface area contributed by atoms with Gasteiger partial charge in [-0.1, -0.05) is 44.5 Å². The van der Waals surface area contributed by atoms with Gasteiger partial charge in [-0.05, 0) is 19.1 Å². The molecule has 0 unspecified atom stereocenters. The molecule has 1 heterocycles. The summed E-state index contributed by atoms with van der Waals surface area (Å²) in [6.45, 7) is 8.15. The van der Waals surface area contributed by atoms with Crippen molar-refractivity contribution in [2.45, 2.75) is 33.1 Å². The van der Waals surface area contributed by atoms with Crippen LogP contribution in [0.2, 0.25) is 5.02 Å². The molecule has 0 saturated carbocycles. The molecule has 0 aliphatic heterocycles. The van der Waals surface area contributed by atoms with Crippen LogP contribution in [-0.2, 0) is 5.41 Å². The zero-order valence-electron chi connectivity index (χ0n) is 11.7. The van der Waals surface area contributed by atoms with E-state index in [0.29, 0.717) is 10.8 Å². The number of hydrogen-bond acceptors (Lipinski definition) is 3. The smallest absolute Gasteiger partial charge is 0.136 e. The van der Waals surface area contributed by atoms with Crippen LogP contribution >= 0.6 is 11.6 Å². The Morgan fingerprint density at radius 2 is 1.63 bits per heavy atom. The monoisotopic (exact) mass is 275 g/mol. The topological polar surface area (TPSA) is 51.8 Å². The van der Waals surface area contributed by atoms with E-state index in [1.165, 1.54) is 0 Å². The molecule has 2 rings (SSSR count). The highest BCUT2D eigenvalue weighted by molar-refractivity contribution is 6.30. The maximum absolute atomic E-state index is 6.01. The summed E-state index contributed by atoms with van der Waals surface area (Å²) in [7, 11) is 0. The number of halogens is 1. The third kappa shape index (κ3) is 2.87. The van der Waals surface area contributed by atoms with Gasteiger partial charge in [0.05, 0.1) is 5.69 Å². The Morgan fingerprint density at radius 3 is 2.16 bits per heavy atom. The van der Waals surface area contributed by atoms with Gasteiger partial charge in [0.1, 0.15) is 11.6 Å². The lowest BCUT2D eigenvalue weighted by atomic mass is 9.95. The highest BCUT2D eigenvalue weighted by Gasteiger charge is 2.20. The Morgan fingerprint density at radius 1 is 1.05 bits per heavy atom. The van der Waals surface area contributed by atoms with Gasteiger partial charge in [-0.2, -0.15) is 0 Å². The van der Waals surface area contributed by atoms with Crippen LogP contribution in [0.25, 0.3) is 11.3 Å². The first kappa shape index (κ1) is 13.8. The van der Waals surface area contributed by atoms with Crippen LogP contribution in [0.5, 0.6) is 0 Å². The Balaban J connectivity index is 2.62. The summed E-state index contributed by atoms with van der Waals surface area (Å²) in [5.74, 6) is 1.28. The van der Waals surface area contributed by atoms with E-state index in [4.69, 9.17) is 17.3 Å². The van der Waals surface area contributed by atoms with Crippen LogP contribution < -0.4 is 5.73 Å². The number of rotatable bonds is 1. The molecule has 4 heteroatoms. The first-order chi connectivity index (χ1) is 8.79. The Hall–Kier alpha value is -1.61. The van der Waals surface area contributed by atoms with Crippen molar-refractivity contribution in [1.29, 1.82) is 0 Å². The second-order valence-corrected chi connectivity index (χ2v) is 6.10. The predicted octanol–water partition coefficient (Wildman–Crippen LogP) is 3.99. The SMILES string of the molecule is Cc1c(N)nc(C(C)(C)C)nc1-c1ccc(Cl)cc1. The average Bonchev–Trinajstić information content (AvgIpc) is 2.32. The van der Waals surface area contributed by atoms with Crippen molar-refractivity contribution in [3.63, 3.8) is 0 Å². The van der Waals surface area contributed by atoms with E-state index in [2.05, 4.69) is 30.7 Å². The quantitative estimate of drug-likeness (QED) is 0.856. The summed E-state index contributed by atoms with van der Waals surface area (Å²) in [6, 6.07) is 7.60. The van der Waals surface area contributed by atoms with Crippen LogP contribution in [0.3, 0.4) is 0 Å². The lowest BCUT2D eigenvalue weighted by Crippen LogP contribution is -2.18. The summed E-state index contributed by atoms with van der Waals surface area (Å²) >= 11 is 5.92. The van der Waals surface area contributed by atoms with Crippen molar-refractivity contribution in [3.8, 4) is 11.3 Å². The zero-order chi connectivity index (χ0) is 14.2. The van der Waals surface area contributed by atoms with Gasteiger partial charge in [0.25, 0.3) is 0 Å². The molecule has 0 saturated heterocycles. The fourth-order valence-corrected chi connectivity index (χ4v) is 1.88. The highest BCUT2D eigenvalue weighted by Crippen LogP contribution is 2.28. The molecular weight excluding hydrogens is 258 g/mol. The average molecular weight is 276 g/mol. The molecule has 0 fully saturated rings. The molecule has 0 atom stereocenters. The van der Waals surface area contributed by atoms with Crippen molar-refractivity contribution in [2.75, 3.05) is 5.73 Å². The summed E-state index contributed by atoms with van der Waals surface area (Å²) < 4.78 is 0. The molecule has 0 aliphatic rings. The van der Waals surface area contributed by atoms with Gasteiger partial charge >= 0.3 is 0 Å². The molecule has 2 aromatic rings. The number of nitrogens with zero attached hydrogens (tertiary/aromatic N) is 2. The standard InChI is InChI=1S/C15H18ClN3/c1-9-12(10-5-7-11(16)8-6-10)18-14(15(2,3)4)19-13(9)17/h5-8H,1-4H3,(H2,17,18,19). The number of benzene rings is 1. The first-order valence-corrected chi connectivity index (χ1v) is 6.57. The number of aromatic nitrogens is 2. The van der Waals surface area contributed by atoms with E-state index >= 15 is 0 Å². The fourth-order valence-electron chi connectivity index (χ4n) is 1.76. The molecule has 0 spiro atoms. The van der Waals surface area contributed by atoms with Gasteiger partial charge in [-0.15, -0.1) is 0 Å². The van der Waals surface area contributed by atoms with Gasteiger partial charge < -0.3 is 5.73 Å². The van der Waals surface area contributed by atoms with Gasteiger partial charge in [-0.3, -0.25) is 0 Å². The molecule has 0 aliphatic carbocycles. The third-order valence-corrected chi connectivity index (χ3v) is 3.22. The zero-order valence-corrected chi connectivity index (χ0v) is 12.4. The largest absolute Gasteiger partial charge is 0.383 e. The van der Waals surface area contributed by atoms with Gasteiger partial charge in [0.15, 0.2) is 0 Å². The Kier molecular flexibility index (Phi) is 3.50. The maximum Gasteiger partial charge on any atom is 0.136 e. The van der Waals surface area contributed by atoms with Crippen LogP contribution in [0.15, 0.2) is 24.3 Å². The first-order valence-electron chi connectivity index (χ1n) is 6.19. The lowest BCUT2D eigenvalue weighted by Gasteiger charge is -2.19. The predicted molar refractivity (Wildman–Crippen MR) is 80.3 cm³/mol. The summed E-state index contributed by atoms with van der Waals surface area (Å²) in [5.41, 5.74) is 8.64. The van der Waals surface area contributed by atoms with Crippen molar-refractivity contribution < 1.29 is 0 Å². The molecule has 0 radical (unpaired) electrons. The lowest BCUT2D eigenvalue weighted by molar-refractivity contribution is 0.546. The van der Waals surface area contributed by atoms with E-state index < -0.39 is 0 Å². The van der Waals surface area contributed by atoms with Crippen LogP contribution in [0.4, 0.5) is 5.82 Å². The number of nitrogen functional groups attached to an aromatic ring is 1. The van der Waals surface area contributed by atoms with Gasteiger partial charge in [0, 0.05) is 21.6 Å². The van der Waals surface area contributed by atoms with E-state index in [1.807, 2.05) is 31.2 Å². The van der Waals surface area contributed by atoms with E-state index in [0.717, 1.165) is 22.6 Å². The van der Waals surface area contributed by atoms with E-state index in [9.17, 15) is 0 Å². The third-order valence-electron chi connectivity index (χ3n) is 2.97.